The quantitative estimate of drug-likeness (QED) is 0.880. The number of aromatic nitrogens is 2. The highest BCUT2D eigenvalue weighted by Crippen LogP contribution is 2.26. The van der Waals surface area contributed by atoms with E-state index in [0.29, 0.717) is 6.04 Å². The third-order valence-corrected chi connectivity index (χ3v) is 3.97. The van der Waals surface area contributed by atoms with Gasteiger partial charge in [0.25, 0.3) is 0 Å². The zero-order valence-electron chi connectivity index (χ0n) is 12.9. The van der Waals surface area contributed by atoms with Crippen LogP contribution in [0.4, 0.5) is 5.82 Å². The zero-order valence-corrected chi connectivity index (χ0v) is 12.9. The molecular weight excluding hydrogens is 238 g/mol. The van der Waals surface area contributed by atoms with Crippen LogP contribution in [0.25, 0.3) is 0 Å². The summed E-state index contributed by atoms with van der Waals surface area (Å²) in [5, 5.41) is 8.05. The fourth-order valence-corrected chi connectivity index (χ4v) is 2.96. The van der Waals surface area contributed by atoms with Gasteiger partial charge in [0, 0.05) is 44.8 Å². The Kier molecular flexibility index (Phi) is 4.47. The van der Waals surface area contributed by atoms with Gasteiger partial charge in [-0.15, -0.1) is 0 Å². The van der Waals surface area contributed by atoms with Crippen molar-refractivity contribution in [3.63, 3.8) is 0 Å². The van der Waals surface area contributed by atoms with Gasteiger partial charge in [0.15, 0.2) is 0 Å². The number of likely N-dealkylation sites (N-methyl/N-ethyl adjacent to an activating group) is 1. The van der Waals surface area contributed by atoms with Gasteiger partial charge in [0.2, 0.25) is 0 Å². The molecule has 0 bridgehead atoms. The number of aryl methyl sites for hydroxylation is 2. The fourth-order valence-electron chi connectivity index (χ4n) is 2.96. The predicted molar refractivity (Wildman–Crippen MR) is 79.6 cm³/mol. The van der Waals surface area contributed by atoms with Crippen LogP contribution >= 0.6 is 0 Å². The first-order valence-electron chi connectivity index (χ1n) is 7.23. The van der Waals surface area contributed by atoms with Crippen molar-refractivity contribution in [2.75, 3.05) is 38.1 Å². The summed E-state index contributed by atoms with van der Waals surface area (Å²) in [6, 6.07) is 0.536. The maximum atomic E-state index is 4.61. The van der Waals surface area contributed by atoms with E-state index >= 15 is 0 Å². The Hall–Kier alpha value is -1.07. The molecule has 108 valence electrons. The highest BCUT2D eigenvalue weighted by molar-refractivity contribution is 5.51. The van der Waals surface area contributed by atoms with Gasteiger partial charge in [-0.1, -0.05) is 6.92 Å². The van der Waals surface area contributed by atoms with Crippen LogP contribution in [0.2, 0.25) is 0 Å². The van der Waals surface area contributed by atoms with E-state index in [2.05, 4.69) is 55.1 Å². The molecule has 1 N–H and O–H groups in total. The molecule has 5 nitrogen and oxygen atoms in total. The molecule has 1 saturated heterocycles. The van der Waals surface area contributed by atoms with E-state index in [0.717, 1.165) is 38.4 Å². The minimum absolute atomic E-state index is 0.536. The van der Waals surface area contributed by atoms with Crippen molar-refractivity contribution < 1.29 is 0 Å². The standard InChI is InChI=1S/C14H27N5/c1-6-15-9-13-12(3)16-18(5)14(13)19-8-7-17(4)10-11(19)2/h11,15H,6-10H2,1-5H3. The molecule has 1 aromatic heterocycles. The number of nitrogens with zero attached hydrogens (tertiary/aromatic N) is 4. The number of nitrogens with one attached hydrogen (secondary N) is 1. The molecule has 1 fully saturated rings. The second-order valence-electron chi connectivity index (χ2n) is 5.60. The molecule has 0 spiro atoms. The molecule has 0 radical (unpaired) electrons. The maximum absolute atomic E-state index is 4.61. The van der Waals surface area contributed by atoms with Crippen molar-refractivity contribution in [3.05, 3.63) is 11.3 Å². The van der Waals surface area contributed by atoms with Crippen LogP contribution in [-0.4, -0.2) is 53.9 Å². The summed E-state index contributed by atoms with van der Waals surface area (Å²) in [4.78, 5) is 4.90. The number of piperazine rings is 1. The van der Waals surface area contributed by atoms with Crippen molar-refractivity contribution in [3.8, 4) is 0 Å². The van der Waals surface area contributed by atoms with E-state index in [1.54, 1.807) is 0 Å². The van der Waals surface area contributed by atoms with Gasteiger partial charge in [-0.25, -0.2) is 0 Å². The zero-order chi connectivity index (χ0) is 14.0. The average Bonchev–Trinajstić information content (AvgIpc) is 2.62. The second-order valence-corrected chi connectivity index (χ2v) is 5.60. The van der Waals surface area contributed by atoms with Crippen LogP contribution < -0.4 is 10.2 Å². The SMILES string of the molecule is CCNCc1c(C)nn(C)c1N1CCN(C)CC1C. The molecular formula is C14H27N5. The summed E-state index contributed by atoms with van der Waals surface area (Å²) < 4.78 is 2.05. The number of hydrogen-bond donors (Lipinski definition) is 1. The predicted octanol–water partition coefficient (Wildman–Crippen LogP) is 0.978. The first-order chi connectivity index (χ1) is 9.04. The lowest BCUT2D eigenvalue weighted by atomic mass is 10.1. The van der Waals surface area contributed by atoms with Gasteiger partial charge in [-0.05, 0) is 27.4 Å². The van der Waals surface area contributed by atoms with Gasteiger partial charge in [0.1, 0.15) is 5.82 Å². The Bertz CT molecular complexity index is 426. The molecule has 1 unspecified atom stereocenters. The lowest BCUT2D eigenvalue weighted by molar-refractivity contribution is 0.273. The summed E-state index contributed by atoms with van der Waals surface area (Å²) in [7, 11) is 4.25. The molecule has 2 heterocycles. The lowest BCUT2D eigenvalue weighted by Crippen LogP contribution is -2.51. The summed E-state index contributed by atoms with van der Waals surface area (Å²) in [6.07, 6.45) is 0. The van der Waals surface area contributed by atoms with Crippen molar-refractivity contribution in [1.82, 2.24) is 20.0 Å². The molecule has 5 heteroatoms. The van der Waals surface area contributed by atoms with E-state index in [9.17, 15) is 0 Å². The van der Waals surface area contributed by atoms with Gasteiger partial charge < -0.3 is 15.1 Å². The lowest BCUT2D eigenvalue weighted by Gasteiger charge is -2.40. The van der Waals surface area contributed by atoms with E-state index in [4.69, 9.17) is 0 Å². The summed E-state index contributed by atoms with van der Waals surface area (Å²) in [6.45, 7) is 11.8. The molecule has 0 aromatic carbocycles. The summed E-state index contributed by atoms with van der Waals surface area (Å²) in [5.41, 5.74) is 2.49. The molecule has 0 aliphatic carbocycles. The Labute approximate surface area is 116 Å². The molecule has 0 saturated carbocycles. The van der Waals surface area contributed by atoms with E-state index in [1.807, 2.05) is 4.68 Å². The highest BCUT2D eigenvalue weighted by atomic mass is 15.4. The van der Waals surface area contributed by atoms with E-state index < -0.39 is 0 Å². The van der Waals surface area contributed by atoms with Gasteiger partial charge >= 0.3 is 0 Å². The van der Waals surface area contributed by atoms with E-state index in [1.165, 1.54) is 11.4 Å². The number of hydrogen-bond acceptors (Lipinski definition) is 4. The summed E-state index contributed by atoms with van der Waals surface area (Å²) >= 11 is 0. The first-order valence-corrected chi connectivity index (χ1v) is 7.23. The Balaban J connectivity index is 2.27. The van der Waals surface area contributed by atoms with Crippen LogP contribution in [0, 0.1) is 6.92 Å². The molecule has 1 atom stereocenters. The molecule has 1 aliphatic heterocycles. The third-order valence-electron chi connectivity index (χ3n) is 3.97. The highest BCUT2D eigenvalue weighted by Gasteiger charge is 2.27. The van der Waals surface area contributed by atoms with Crippen molar-refractivity contribution in [2.45, 2.75) is 33.4 Å². The fraction of sp³-hybridized carbons (Fsp3) is 0.786. The maximum Gasteiger partial charge on any atom is 0.131 e. The van der Waals surface area contributed by atoms with Gasteiger partial charge in [0.05, 0.1) is 5.69 Å². The van der Waals surface area contributed by atoms with E-state index in [-0.39, 0.29) is 0 Å². The van der Waals surface area contributed by atoms with Crippen molar-refractivity contribution in [1.29, 1.82) is 0 Å². The van der Waals surface area contributed by atoms with Gasteiger partial charge in [-0.2, -0.15) is 5.10 Å². The van der Waals surface area contributed by atoms with Crippen molar-refractivity contribution in [2.24, 2.45) is 7.05 Å². The Morgan fingerprint density at radius 2 is 2.05 bits per heavy atom. The van der Waals surface area contributed by atoms with Gasteiger partial charge in [-0.3, -0.25) is 4.68 Å². The Morgan fingerprint density at radius 1 is 1.32 bits per heavy atom. The van der Waals surface area contributed by atoms with Crippen LogP contribution in [0.3, 0.4) is 0 Å². The Morgan fingerprint density at radius 3 is 2.68 bits per heavy atom. The monoisotopic (exact) mass is 265 g/mol. The second kappa shape index (κ2) is 5.92. The van der Waals surface area contributed by atoms with Crippen LogP contribution in [0.15, 0.2) is 0 Å². The average molecular weight is 265 g/mol. The largest absolute Gasteiger partial charge is 0.351 e. The van der Waals surface area contributed by atoms with Crippen LogP contribution in [0.1, 0.15) is 25.1 Å². The number of rotatable bonds is 4. The normalized spacial score (nSPS) is 21.1. The van der Waals surface area contributed by atoms with Crippen molar-refractivity contribution >= 4 is 5.82 Å². The topological polar surface area (TPSA) is 36.3 Å². The minimum atomic E-state index is 0.536. The molecule has 19 heavy (non-hydrogen) atoms. The third kappa shape index (κ3) is 2.92. The number of anilines is 1. The summed E-state index contributed by atoms with van der Waals surface area (Å²) in [5.74, 6) is 1.29. The first kappa shape index (κ1) is 14.3. The molecule has 1 aliphatic rings. The van der Waals surface area contributed by atoms with Crippen LogP contribution in [0.5, 0.6) is 0 Å². The molecule has 1 aromatic rings. The molecule has 2 rings (SSSR count). The minimum Gasteiger partial charge on any atom is -0.351 e. The smallest absolute Gasteiger partial charge is 0.131 e. The molecule has 0 amide bonds. The van der Waals surface area contributed by atoms with Crippen LogP contribution in [-0.2, 0) is 13.6 Å².